The van der Waals surface area contributed by atoms with Gasteiger partial charge in [0.05, 0.1) is 10.6 Å². The van der Waals surface area contributed by atoms with Crippen LogP contribution in [0.3, 0.4) is 0 Å². The topological polar surface area (TPSA) is 173 Å². The third-order valence-electron chi connectivity index (χ3n) is 7.13. The van der Waals surface area contributed by atoms with Crippen molar-refractivity contribution in [2.24, 2.45) is 17.6 Å². The molecular formula is C24H27N3O7S. The first-order chi connectivity index (χ1) is 16.3. The highest BCUT2D eigenvalue weighted by molar-refractivity contribution is 7.80. The van der Waals surface area contributed by atoms with Gasteiger partial charge >= 0.3 is 0 Å². The van der Waals surface area contributed by atoms with E-state index in [1.54, 1.807) is 13.0 Å². The number of benzene rings is 1. The third-order valence-corrected chi connectivity index (χ3v) is 7.27. The summed E-state index contributed by atoms with van der Waals surface area (Å²) >= 11 is 5.05. The molecule has 0 aromatic heterocycles. The van der Waals surface area contributed by atoms with Crippen molar-refractivity contribution in [3.63, 3.8) is 0 Å². The fourth-order valence-electron chi connectivity index (χ4n) is 5.48. The highest BCUT2D eigenvalue weighted by Gasteiger charge is 2.60. The number of aliphatic hydroxyl groups excluding tert-OH is 2. The number of phenolic OH excluding ortho intramolecular Hbond substituents is 1. The molecule has 10 nitrogen and oxygen atoms in total. The lowest BCUT2D eigenvalue weighted by Gasteiger charge is -2.46. The van der Waals surface area contributed by atoms with Gasteiger partial charge in [-0.15, -0.1) is 0 Å². The quantitative estimate of drug-likeness (QED) is 0.257. The van der Waals surface area contributed by atoms with E-state index in [0.29, 0.717) is 21.8 Å². The van der Waals surface area contributed by atoms with Crippen molar-refractivity contribution in [2.45, 2.75) is 38.3 Å². The molecule has 0 bridgehead atoms. The first-order valence-electron chi connectivity index (χ1n) is 11.1. The van der Waals surface area contributed by atoms with Gasteiger partial charge in [0, 0.05) is 49.8 Å². The summed E-state index contributed by atoms with van der Waals surface area (Å²) in [6.07, 6.45) is -0.0192. The highest BCUT2D eigenvalue weighted by atomic mass is 32.1. The van der Waals surface area contributed by atoms with E-state index in [9.17, 15) is 34.8 Å². The molecule has 1 fully saturated rings. The summed E-state index contributed by atoms with van der Waals surface area (Å²) in [4.78, 5) is 40.1. The standard InChI is InChI=1S/C24H27N3O7S/c1-9(35)26-8-11-6-14(27(2)3)13-5-10-4-12-7-15(28)18(23(25)33)22(32)24(12,34)21(31)16(10)20(30)17(13)19(11)29/h6,10,12,29-30,32,34H,4-5,7-8H2,1-3H3,(H2,25,33)(H,26,35)/t10-,12+,24+/m1/s1. The first kappa shape index (κ1) is 24.7. The number of carbonyl (C=O) groups excluding carboxylic acids is 3. The van der Waals surface area contributed by atoms with Gasteiger partial charge in [0.25, 0.3) is 5.91 Å². The second-order valence-electron chi connectivity index (χ2n) is 9.47. The van der Waals surface area contributed by atoms with Crippen LogP contribution in [0.25, 0.3) is 5.76 Å². The molecule has 1 aromatic rings. The maximum Gasteiger partial charge on any atom is 0.255 e. The predicted molar refractivity (Wildman–Crippen MR) is 131 cm³/mol. The van der Waals surface area contributed by atoms with Gasteiger partial charge in [-0.05, 0) is 37.3 Å². The Kier molecular flexibility index (Phi) is 5.89. The molecule has 35 heavy (non-hydrogen) atoms. The molecule has 4 rings (SSSR count). The van der Waals surface area contributed by atoms with Crippen molar-refractivity contribution < 1.29 is 34.8 Å². The lowest BCUT2D eigenvalue weighted by Crippen LogP contribution is -2.58. The zero-order valence-corrected chi connectivity index (χ0v) is 20.3. The lowest BCUT2D eigenvalue weighted by atomic mass is 9.59. The average Bonchev–Trinajstić information content (AvgIpc) is 2.75. The number of hydrogen-bond acceptors (Lipinski definition) is 9. The number of aromatic hydroxyl groups is 1. The normalized spacial score (nSPS) is 25.6. The van der Waals surface area contributed by atoms with E-state index in [1.807, 2.05) is 19.0 Å². The Morgan fingerprint density at radius 3 is 2.49 bits per heavy atom. The number of fused-ring (bicyclic) bond motifs is 3. The van der Waals surface area contributed by atoms with E-state index in [4.69, 9.17) is 18.0 Å². The van der Waals surface area contributed by atoms with Crippen LogP contribution in [0.1, 0.15) is 36.5 Å². The van der Waals surface area contributed by atoms with Gasteiger partial charge in [-0.3, -0.25) is 14.4 Å². The van der Waals surface area contributed by atoms with Crippen LogP contribution in [0, 0.1) is 11.8 Å². The van der Waals surface area contributed by atoms with Crippen molar-refractivity contribution in [1.82, 2.24) is 5.32 Å². The number of carbonyl (C=O) groups is 3. The Balaban J connectivity index is 1.93. The third kappa shape index (κ3) is 3.57. The Morgan fingerprint density at radius 2 is 1.91 bits per heavy atom. The Labute approximate surface area is 206 Å². The number of rotatable bonds is 4. The Hall–Kier alpha value is -3.44. The molecule has 11 heteroatoms. The number of primary amides is 1. The number of thiocarbonyl (C=S) groups is 1. The van der Waals surface area contributed by atoms with E-state index >= 15 is 0 Å². The number of hydrogen-bond donors (Lipinski definition) is 6. The summed E-state index contributed by atoms with van der Waals surface area (Å²) in [6, 6.07) is 1.77. The largest absolute Gasteiger partial charge is 0.508 e. The molecule has 0 spiro atoms. The van der Waals surface area contributed by atoms with Crippen molar-refractivity contribution in [3.8, 4) is 5.75 Å². The first-order valence-corrected chi connectivity index (χ1v) is 11.5. The number of ketones is 2. The SMILES string of the molecule is CC(=S)NCc1cc(N(C)C)c2c(c1O)C(O)=C1C(=O)[C@]3(O)C(O)=C(C(N)=O)C(=O)C[C@@H]3C[C@@H]1C2. The van der Waals surface area contributed by atoms with Crippen LogP contribution >= 0.6 is 12.2 Å². The molecule has 7 N–H and O–H groups in total. The molecule has 3 aliphatic rings. The fourth-order valence-corrected chi connectivity index (χ4v) is 5.55. The van der Waals surface area contributed by atoms with Gasteiger partial charge in [0.2, 0.25) is 5.78 Å². The Bertz CT molecular complexity index is 1270. The van der Waals surface area contributed by atoms with Crippen molar-refractivity contribution in [1.29, 1.82) is 0 Å². The molecule has 0 aliphatic heterocycles. The van der Waals surface area contributed by atoms with Crippen molar-refractivity contribution in [2.75, 3.05) is 19.0 Å². The zero-order valence-electron chi connectivity index (χ0n) is 19.5. The predicted octanol–water partition coefficient (Wildman–Crippen LogP) is 0.927. The summed E-state index contributed by atoms with van der Waals surface area (Å²) in [6.45, 7) is 1.86. The molecule has 3 aliphatic carbocycles. The maximum absolute atomic E-state index is 13.6. The molecule has 0 radical (unpaired) electrons. The van der Waals surface area contributed by atoms with Crippen LogP contribution < -0.4 is 16.0 Å². The molecule has 1 aromatic carbocycles. The molecule has 0 heterocycles. The van der Waals surface area contributed by atoms with Gasteiger partial charge in [0.1, 0.15) is 22.8 Å². The highest BCUT2D eigenvalue weighted by Crippen LogP contribution is 2.53. The summed E-state index contributed by atoms with van der Waals surface area (Å²) in [5, 5.41) is 47.3. The number of nitrogens with two attached hydrogens (primary N) is 1. The lowest BCUT2D eigenvalue weighted by molar-refractivity contribution is -0.147. The summed E-state index contributed by atoms with van der Waals surface area (Å²) in [5.41, 5.74) is 3.47. The minimum Gasteiger partial charge on any atom is -0.508 e. The molecule has 186 valence electrons. The monoisotopic (exact) mass is 501 g/mol. The molecule has 0 saturated heterocycles. The number of amides is 1. The zero-order chi connectivity index (χ0) is 26.0. The number of phenols is 1. The molecular weight excluding hydrogens is 474 g/mol. The number of nitrogens with one attached hydrogen (secondary N) is 1. The van der Waals surface area contributed by atoms with Crippen LogP contribution in [-0.4, -0.2) is 62.6 Å². The summed E-state index contributed by atoms with van der Waals surface area (Å²) in [7, 11) is 3.62. The number of nitrogens with zero attached hydrogens (tertiary/aromatic N) is 1. The summed E-state index contributed by atoms with van der Waals surface area (Å²) in [5.74, 6) is -6.44. The van der Waals surface area contributed by atoms with Crippen LogP contribution in [0.2, 0.25) is 0 Å². The van der Waals surface area contributed by atoms with E-state index in [1.165, 1.54) is 0 Å². The molecule has 1 amide bonds. The van der Waals surface area contributed by atoms with Crippen LogP contribution in [-0.2, 0) is 27.3 Å². The van der Waals surface area contributed by atoms with Gasteiger partial charge in [-0.1, -0.05) is 12.2 Å². The van der Waals surface area contributed by atoms with Crippen LogP contribution in [0.4, 0.5) is 5.69 Å². The van der Waals surface area contributed by atoms with E-state index < -0.39 is 52.0 Å². The maximum atomic E-state index is 13.6. The van der Waals surface area contributed by atoms with Gasteiger partial charge in [0.15, 0.2) is 11.4 Å². The van der Waals surface area contributed by atoms with Crippen molar-refractivity contribution >= 4 is 46.1 Å². The molecule has 1 saturated carbocycles. The molecule has 3 atom stereocenters. The minimum atomic E-state index is -2.58. The van der Waals surface area contributed by atoms with Crippen molar-refractivity contribution in [3.05, 3.63) is 39.7 Å². The average molecular weight is 502 g/mol. The number of anilines is 1. The smallest absolute Gasteiger partial charge is 0.255 e. The van der Waals surface area contributed by atoms with Gasteiger partial charge in [-0.25, -0.2) is 0 Å². The Morgan fingerprint density at radius 1 is 1.26 bits per heavy atom. The molecule has 0 unspecified atom stereocenters. The minimum absolute atomic E-state index is 0.0575. The van der Waals surface area contributed by atoms with Gasteiger partial charge in [-0.2, -0.15) is 0 Å². The van der Waals surface area contributed by atoms with Crippen LogP contribution in [0.5, 0.6) is 5.75 Å². The number of aliphatic hydroxyl groups is 3. The van der Waals surface area contributed by atoms with Gasteiger partial charge < -0.3 is 36.4 Å². The fraction of sp³-hybridized carbons (Fsp3) is 0.417. The van der Waals surface area contributed by atoms with E-state index in [-0.39, 0.29) is 42.7 Å². The second kappa shape index (κ2) is 8.35. The van der Waals surface area contributed by atoms with E-state index in [2.05, 4.69) is 5.32 Å². The summed E-state index contributed by atoms with van der Waals surface area (Å²) < 4.78 is 0. The van der Waals surface area contributed by atoms with Crippen LogP contribution in [0.15, 0.2) is 23.0 Å². The number of Topliss-reactive ketones (excluding diaryl/α,β-unsaturated/α-hetero) is 2. The second-order valence-corrected chi connectivity index (χ2v) is 10.1. The van der Waals surface area contributed by atoms with E-state index in [0.717, 1.165) is 0 Å².